The molecule has 102 valence electrons. The molecule has 0 aliphatic rings. The zero-order valence-corrected chi connectivity index (χ0v) is 11.0. The van der Waals surface area contributed by atoms with Crippen LogP contribution in [-0.4, -0.2) is 34.3 Å². The van der Waals surface area contributed by atoms with Gasteiger partial charge in [0, 0.05) is 0 Å². The van der Waals surface area contributed by atoms with Crippen LogP contribution >= 0.6 is 0 Å². The second-order valence-corrected chi connectivity index (χ2v) is 5.17. The van der Waals surface area contributed by atoms with Gasteiger partial charge in [0.15, 0.2) is 0 Å². The molecule has 1 atom stereocenters. The van der Waals surface area contributed by atoms with Crippen molar-refractivity contribution in [2.24, 2.45) is 5.92 Å². The lowest BCUT2D eigenvalue weighted by Crippen LogP contribution is -2.44. The van der Waals surface area contributed by atoms with Crippen molar-refractivity contribution in [2.45, 2.75) is 52.7 Å². The third-order valence-electron chi connectivity index (χ3n) is 1.70. The van der Waals surface area contributed by atoms with Crippen molar-refractivity contribution in [3.63, 3.8) is 0 Å². The average Bonchev–Trinajstić information content (AvgIpc) is 1.97. The molecular formula is C11H23NO5. The van der Waals surface area contributed by atoms with Gasteiger partial charge in [-0.25, -0.2) is 9.59 Å². The molecule has 4 N–H and O–H groups in total. The van der Waals surface area contributed by atoms with Crippen LogP contribution in [0.1, 0.15) is 41.0 Å². The predicted molar refractivity (Wildman–Crippen MR) is 63.9 cm³/mol. The van der Waals surface area contributed by atoms with E-state index in [4.69, 9.17) is 9.84 Å². The molecule has 17 heavy (non-hydrogen) atoms. The first-order valence-electron chi connectivity index (χ1n) is 5.34. The Morgan fingerprint density at radius 3 is 2.06 bits per heavy atom. The number of nitrogens with one attached hydrogen (secondary N) is 1. The largest absolute Gasteiger partial charge is 0.480 e. The Bertz CT molecular complexity index is 257. The minimum absolute atomic E-state index is 0. The summed E-state index contributed by atoms with van der Waals surface area (Å²) >= 11 is 0. The highest BCUT2D eigenvalue weighted by atomic mass is 16.6. The lowest BCUT2D eigenvalue weighted by Gasteiger charge is -2.22. The van der Waals surface area contributed by atoms with Crippen molar-refractivity contribution in [3.05, 3.63) is 0 Å². The van der Waals surface area contributed by atoms with Gasteiger partial charge >= 0.3 is 12.1 Å². The molecule has 0 heterocycles. The molecular weight excluding hydrogens is 227 g/mol. The van der Waals surface area contributed by atoms with E-state index >= 15 is 0 Å². The standard InChI is InChI=1S/C11H21NO4.H2O/c1-7(2)6-8(9(13)14)12-10(15)16-11(3,4)5;/h7-8H,6H2,1-5H3,(H,12,15)(H,13,14);1H2/t8-;/m0./s1/i12+1;. The Labute approximate surface area is 102 Å². The highest BCUT2D eigenvalue weighted by molar-refractivity contribution is 5.79. The lowest BCUT2D eigenvalue weighted by atomic mass is 10.1. The number of ether oxygens (including phenoxy) is 1. The van der Waals surface area contributed by atoms with E-state index in [1.54, 1.807) is 20.8 Å². The van der Waals surface area contributed by atoms with Crippen LogP contribution in [0.4, 0.5) is 4.79 Å². The van der Waals surface area contributed by atoms with Crippen molar-refractivity contribution >= 4 is 12.1 Å². The Morgan fingerprint density at radius 2 is 1.76 bits per heavy atom. The predicted octanol–water partition coefficient (Wildman–Crippen LogP) is 1.19. The van der Waals surface area contributed by atoms with E-state index < -0.39 is 23.7 Å². The van der Waals surface area contributed by atoms with Gasteiger partial charge in [0.1, 0.15) is 11.6 Å². The van der Waals surface area contributed by atoms with Crippen LogP contribution in [0, 0.1) is 5.92 Å². The van der Waals surface area contributed by atoms with Gasteiger partial charge in [-0.3, -0.25) is 0 Å². The van der Waals surface area contributed by atoms with Crippen LogP contribution < -0.4 is 5.32 Å². The molecule has 0 fully saturated rings. The number of hydrogen-bond donors (Lipinski definition) is 2. The first kappa shape index (κ1) is 18.1. The summed E-state index contributed by atoms with van der Waals surface area (Å²) in [4.78, 5) is 22.2. The van der Waals surface area contributed by atoms with Crippen LogP contribution in [0.5, 0.6) is 0 Å². The van der Waals surface area contributed by atoms with Gasteiger partial charge in [0.2, 0.25) is 0 Å². The van der Waals surface area contributed by atoms with Crippen molar-refractivity contribution in [3.8, 4) is 0 Å². The number of rotatable bonds is 4. The van der Waals surface area contributed by atoms with Gasteiger partial charge in [-0.05, 0) is 33.1 Å². The van der Waals surface area contributed by atoms with Gasteiger partial charge in [-0.1, -0.05) is 13.8 Å². The van der Waals surface area contributed by atoms with Gasteiger partial charge in [0.25, 0.3) is 0 Å². The van der Waals surface area contributed by atoms with Gasteiger partial charge in [-0.2, -0.15) is 0 Å². The van der Waals surface area contributed by atoms with Crippen LogP contribution in [0.2, 0.25) is 0 Å². The van der Waals surface area contributed by atoms with Crippen LogP contribution in [0.15, 0.2) is 0 Å². The number of hydrogen-bond acceptors (Lipinski definition) is 3. The Hall–Kier alpha value is -1.30. The van der Waals surface area contributed by atoms with E-state index in [2.05, 4.69) is 5.32 Å². The summed E-state index contributed by atoms with van der Waals surface area (Å²) in [6, 6.07) is -0.894. The monoisotopic (exact) mass is 250 g/mol. The second-order valence-electron chi connectivity index (χ2n) is 5.17. The van der Waals surface area contributed by atoms with E-state index in [1.807, 2.05) is 13.8 Å². The normalized spacial score (nSPS) is 12.6. The molecule has 0 saturated carbocycles. The molecule has 0 aliphatic heterocycles. The maximum atomic E-state index is 11.4. The molecule has 6 nitrogen and oxygen atoms in total. The van der Waals surface area contributed by atoms with Crippen LogP contribution in [0.25, 0.3) is 0 Å². The lowest BCUT2D eigenvalue weighted by molar-refractivity contribution is -0.139. The number of aliphatic carboxylic acids is 1. The number of carbonyl (C=O) groups is 2. The van der Waals surface area contributed by atoms with Crippen molar-refractivity contribution in [1.29, 1.82) is 0 Å². The zero-order valence-electron chi connectivity index (χ0n) is 11.0. The molecule has 0 saturated heterocycles. The molecule has 0 radical (unpaired) electrons. The molecule has 0 unspecified atom stereocenters. The summed E-state index contributed by atoms with van der Waals surface area (Å²) in [5.41, 5.74) is -0.620. The summed E-state index contributed by atoms with van der Waals surface area (Å²) < 4.78 is 4.99. The zero-order chi connectivity index (χ0) is 12.9. The minimum atomic E-state index is -1.04. The van der Waals surface area contributed by atoms with E-state index in [9.17, 15) is 9.59 Å². The second kappa shape index (κ2) is 7.11. The third-order valence-corrected chi connectivity index (χ3v) is 1.70. The van der Waals surface area contributed by atoms with Gasteiger partial charge in [-0.15, -0.1) is 0 Å². The fourth-order valence-electron chi connectivity index (χ4n) is 1.14. The van der Waals surface area contributed by atoms with Crippen molar-refractivity contribution in [1.82, 2.24) is 5.32 Å². The van der Waals surface area contributed by atoms with Crippen molar-refractivity contribution in [2.75, 3.05) is 0 Å². The fraction of sp³-hybridized carbons (Fsp3) is 0.818. The number of amides is 1. The van der Waals surface area contributed by atoms with Crippen molar-refractivity contribution < 1.29 is 24.9 Å². The Balaban J connectivity index is 0. The minimum Gasteiger partial charge on any atom is -0.480 e. The number of alkyl carbamates (subject to hydrolysis) is 1. The summed E-state index contributed by atoms with van der Waals surface area (Å²) in [7, 11) is 0. The van der Waals surface area contributed by atoms with E-state index in [0.717, 1.165) is 0 Å². The van der Waals surface area contributed by atoms with Gasteiger partial charge in [0.05, 0.1) is 0 Å². The maximum Gasteiger partial charge on any atom is 0.408 e. The first-order valence-corrected chi connectivity index (χ1v) is 5.34. The highest BCUT2D eigenvalue weighted by Crippen LogP contribution is 2.09. The average molecular weight is 250 g/mol. The highest BCUT2D eigenvalue weighted by Gasteiger charge is 2.24. The molecule has 0 rings (SSSR count). The molecule has 0 bridgehead atoms. The summed E-state index contributed by atoms with van der Waals surface area (Å²) in [6.07, 6.45) is -0.310. The molecule has 0 aliphatic carbocycles. The number of carboxylic acid groups (broad SMARTS) is 1. The molecule has 6 heteroatoms. The molecule has 0 aromatic rings. The maximum absolute atomic E-state index is 11.4. The third kappa shape index (κ3) is 9.62. The van der Waals surface area contributed by atoms with Crippen LogP contribution in [0.3, 0.4) is 0 Å². The Morgan fingerprint density at radius 1 is 1.29 bits per heavy atom. The SMILES string of the molecule is CC(C)C[C@H]([15NH]C(=O)OC(C)(C)C)C(=O)O.O. The molecule has 1 amide bonds. The number of carbonyl (C=O) groups excluding carboxylic acids is 1. The molecule has 0 aromatic heterocycles. The van der Waals surface area contributed by atoms with E-state index in [1.165, 1.54) is 0 Å². The summed E-state index contributed by atoms with van der Waals surface area (Å²) in [5, 5.41) is 11.2. The fourth-order valence-corrected chi connectivity index (χ4v) is 1.14. The Kier molecular flexibility index (Phi) is 7.56. The van der Waals surface area contributed by atoms with Crippen LogP contribution in [-0.2, 0) is 9.53 Å². The molecule has 0 spiro atoms. The van der Waals surface area contributed by atoms with E-state index in [-0.39, 0.29) is 11.4 Å². The van der Waals surface area contributed by atoms with Gasteiger partial charge < -0.3 is 20.6 Å². The first-order chi connectivity index (χ1) is 7.11. The number of carboxylic acids is 1. The summed E-state index contributed by atoms with van der Waals surface area (Å²) in [5.74, 6) is -0.851. The summed E-state index contributed by atoms with van der Waals surface area (Å²) in [6.45, 7) is 8.97. The molecule has 0 aromatic carbocycles. The van der Waals surface area contributed by atoms with E-state index in [0.29, 0.717) is 6.42 Å². The topological polar surface area (TPSA) is 107 Å². The quantitative estimate of drug-likeness (QED) is 0.730. The smallest absolute Gasteiger partial charge is 0.408 e.